The molecule has 0 radical (unpaired) electrons. The number of hydrogen-bond donors (Lipinski definition) is 0. The van der Waals surface area contributed by atoms with Crippen molar-refractivity contribution in [1.82, 2.24) is 4.98 Å². The van der Waals surface area contributed by atoms with E-state index in [0.29, 0.717) is 16.2 Å². The van der Waals surface area contributed by atoms with Crippen molar-refractivity contribution in [2.24, 2.45) is 0 Å². The molecule has 1 aromatic carbocycles. The van der Waals surface area contributed by atoms with E-state index in [2.05, 4.69) is 4.98 Å². The average Bonchev–Trinajstić information content (AvgIpc) is 2.48. The zero-order valence-electron chi connectivity index (χ0n) is 10.3. The summed E-state index contributed by atoms with van der Waals surface area (Å²) in [6, 6.07) is 6.73. The van der Waals surface area contributed by atoms with Crippen LogP contribution >= 0.6 is 11.8 Å². The van der Waals surface area contributed by atoms with Gasteiger partial charge in [-0.15, -0.1) is 0 Å². The molecule has 8 nitrogen and oxygen atoms in total. The Morgan fingerprint density at radius 2 is 1.86 bits per heavy atom. The minimum absolute atomic E-state index is 0.162. The van der Waals surface area contributed by atoms with Crippen LogP contribution in [-0.4, -0.2) is 21.1 Å². The van der Waals surface area contributed by atoms with Crippen LogP contribution in [0, 0.1) is 20.2 Å². The van der Waals surface area contributed by atoms with Crippen LogP contribution in [0.25, 0.3) is 0 Å². The van der Waals surface area contributed by atoms with E-state index in [4.69, 9.17) is 0 Å². The molecule has 0 saturated heterocycles. The van der Waals surface area contributed by atoms with Crippen LogP contribution in [0.4, 0.5) is 11.4 Å². The number of benzene rings is 1. The number of nitrogens with zero attached hydrogens (tertiary/aromatic N) is 3. The maximum atomic E-state index is 11.0. The average molecular weight is 305 g/mol. The number of nitro groups is 2. The summed E-state index contributed by atoms with van der Waals surface area (Å²) in [6.07, 6.45) is 1.60. The first kappa shape index (κ1) is 14.6. The summed E-state index contributed by atoms with van der Waals surface area (Å²) in [7, 11) is 0. The smallest absolute Gasteiger partial charge is 0.287 e. The minimum atomic E-state index is -0.597. The zero-order chi connectivity index (χ0) is 15.4. The Labute approximate surface area is 122 Å². The topological polar surface area (TPSA) is 116 Å². The second-order valence-electron chi connectivity index (χ2n) is 3.82. The van der Waals surface area contributed by atoms with E-state index in [1.165, 1.54) is 30.3 Å². The third kappa shape index (κ3) is 3.39. The van der Waals surface area contributed by atoms with Crippen molar-refractivity contribution in [3.8, 4) is 0 Å². The molecule has 2 rings (SSSR count). The van der Waals surface area contributed by atoms with Gasteiger partial charge in [0.25, 0.3) is 11.4 Å². The van der Waals surface area contributed by atoms with Gasteiger partial charge < -0.3 is 0 Å². The summed E-state index contributed by atoms with van der Waals surface area (Å²) in [5.41, 5.74) is -0.183. The van der Waals surface area contributed by atoms with Crippen molar-refractivity contribution >= 4 is 29.4 Å². The van der Waals surface area contributed by atoms with Crippen LogP contribution in [0.2, 0.25) is 0 Å². The van der Waals surface area contributed by atoms with Gasteiger partial charge in [-0.1, -0.05) is 17.8 Å². The second kappa shape index (κ2) is 6.09. The highest BCUT2D eigenvalue weighted by molar-refractivity contribution is 7.99. The van der Waals surface area contributed by atoms with E-state index >= 15 is 0 Å². The van der Waals surface area contributed by atoms with Gasteiger partial charge in [0.05, 0.1) is 14.7 Å². The van der Waals surface area contributed by atoms with Gasteiger partial charge in [0.1, 0.15) is 17.5 Å². The highest BCUT2D eigenvalue weighted by Crippen LogP contribution is 2.34. The maximum Gasteiger partial charge on any atom is 0.287 e. The fourth-order valence-corrected chi connectivity index (χ4v) is 2.33. The summed E-state index contributed by atoms with van der Waals surface area (Å²) in [6.45, 7) is 0. The Balaban J connectivity index is 2.32. The van der Waals surface area contributed by atoms with E-state index < -0.39 is 9.85 Å². The van der Waals surface area contributed by atoms with Crippen LogP contribution in [0.15, 0.2) is 46.5 Å². The molecule has 0 aliphatic carbocycles. The molecule has 0 amide bonds. The molecular formula is C12H7N3O5S. The van der Waals surface area contributed by atoms with Gasteiger partial charge in [-0.3, -0.25) is 25.0 Å². The molecule has 0 aliphatic rings. The number of aldehydes is 1. The molecule has 0 spiro atoms. The van der Waals surface area contributed by atoms with Crippen molar-refractivity contribution in [3.63, 3.8) is 0 Å². The summed E-state index contributed by atoms with van der Waals surface area (Å²) in [4.78, 5) is 35.1. The molecule has 0 bridgehead atoms. The van der Waals surface area contributed by atoms with E-state index in [-0.39, 0.29) is 16.9 Å². The quantitative estimate of drug-likeness (QED) is 0.473. The number of pyridine rings is 1. The van der Waals surface area contributed by atoms with Gasteiger partial charge in [-0.2, -0.15) is 0 Å². The first-order valence-electron chi connectivity index (χ1n) is 5.53. The number of rotatable bonds is 5. The molecule has 2 aromatic rings. The van der Waals surface area contributed by atoms with E-state index in [1.54, 1.807) is 0 Å². The van der Waals surface area contributed by atoms with Gasteiger partial charge in [0.15, 0.2) is 0 Å². The number of carbonyl (C=O) groups is 1. The summed E-state index contributed by atoms with van der Waals surface area (Å²) < 4.78 is 0. The lowest BCUT2D eigenvalue weighted by Gasteiger charge is -2.02. The Morgan fingerprint density at radius 3 is 2.38 bits per heavy atom. The second-order valence-corrected chi connectivity index (χ2v) is 4.88. The SMILES string of the molecule is O=Cc1ccc(Sc2ccc([N+](=O)[O-])cn2)c([N+](=O)[O-])c1. The van der Waals surface area contributed by atoms with E-state index in [9.17, 15) is 25.0 Å². The molecular weight excluding hydrogens is 298 g/mol. The Morgan fingerprint density at radius 1 is 1.10 bits per heavy atom. The van der Waals surface area contributed by atoms with Crippen LogP contribution in [0.3, 0.4) is 0 Å². The highest BCUT2D eigenvalue weighted by atomic mass is 32.2. The molecule has 1 heterocycles. The van der Waals surface area contributed by atoms with Crippen molar-refractivity contribution in [1.29, 1.82) is 0 Å². The Bertz CT molecular complexity index is 717. The molecule has 0 fully saturated rings. The lowest BCUT2D eigenvalue weighted by atomic mass is 10.2. The number of hydrogen-bond acceptors (Lipinski definition) is 7. The summed E-state index contributed by atoms with van der Waals surface area (Å²) in [5, 5.41) is 21.9. The Kier molecular flexibility index (Phi) is 4.24. The third-order valence-corrected chi connectivity index (χ3v) is 3.48. The normalized spacial score (nSPS) is 10.1. The lowest BCUT2D eigenvalue weighted by molar-refractivity contribution is -0.387. The van der Waals surface area contributed by atoms with Gasteiger partial charge in [-0.25, -0.2) is 4.98 Å². The fourth-order valence-electron chi connectivity index (χ4n) is 1.49. The van der Waals surface area contributed by atoms with Crippen molar-refractivity contribution in [2.75, 3.05) is 0 Å². The first-order valence-corrected chi connectivity index (χ1v) is 6.35. The molecule has 1 aromatic heterocycles. The predicted molar refractivity (Wildman–Crippen MR) is 73.5 cm³/mol. The summed E-state index contributed by atoms with van der Waals surface area (Å²) in [5.74, 6) is 0. The van der Waals surface area contributed by atoms with Gasteiger partial charge >= 0.3 is 0 Å². The summed E-state index contributed by atoms with van der Waals surface area (Å²) >= 11 is 0.991. The van der Waals surface area contributed by atoms with Gasteiger partial charge in [0, 0.05) is 17.7 Å². The number of carbonyl (C=O) groups excluding carboxylic acids is 1. The van der Waals surface area contributed by atoms with Crippen LogP contribution in [0.5, 0.6) is 0 Å². The zero-order valence-corrected chi connectivity index (χ0v) is 11.1. The monoisotopic (exact) mass is 305 g/mol. The molecule has 0 aliphatic heterocycles. The third-order valence-electron chi connectivity index (χ3n) is 2.46. The van der Waals surface area contributed by atoms with Crippen LogP contribution < -0.4 is 0 Å². The lowest BCUT2D eigenvalue weighted by Crippen LogP contribution is -1.94. The Hall–Kier alpha value is -2.81. The number of nitro benzene ring substituents is 1. The predicted octanol–water partition coefficient (Wildman–Crippen LogP) is 2.86. The molecule has 21 heavy (non-hydrogen) atoms. The largest absolute Gasteiger partial charge is 0.298 e. The molecule has 106 valence electrons. The molecule has 0 saturated carbocycles. The van der Waals surface area contributed by atoms with Gasteiger partial charge in [0.2, 0.25) is 0 Å². The minimum Gasteiger partial charge on any atom is -0.298 e. The highest BCUT2D eigenvalue weighted by Gasteiger charge is 2.16. The van der Waals surface area contributed by atoms with Crippen molar-refractivity contribution in [2.45, 2.75) is 9.92 Å². The standard InChI is InChI=1S/C12H7N3O5S/c16-7-8-1-3-11(10(5-8)15(19)20)21-12-4-2-9(6-13-12)14(17)18/h1-7H. The van der Waals surface area contributed by atoms with Crippen molar-refractivity contribution in [3.05, 3.63) is 62.3 Å². The van der Waals surface area contributed by atoms with E-state index in [1.807, 2.05) is 0 Å². The molecule has 0 unspecified atom stereocenters. The van der Waals surface area contributed by atoms with E-state index in [0.717, 1.165) is 18.0 Å². The molecule has 0 atom stereocenters. The first-order chi connectivity index (χ1) is 10.0. The van der Waals surface area contributed by atoms with Gasteiger partial charge in [-0.05, 0) is 12.1 Å². The van der Waals surface area contributed by atoms with Crippen LogP contribution in [-0.2, 0) is 0 Å². The molecule has 0 N–H and O–H groups in total. The maximum absolute atomic E-state index is 11.0. The molecule has 9 heteroatoms. The fraction of sp³-hybridized carbons (Fsp3) is 0. The number of aromatic nitrogens is 1. The van der Waals surface area contributed by atoms with Crippen LogP contribution in [0.1, 0.15) is 10.4 Å². The van der Waals surface area contributed by atoms with Crippen molar-refractivity contribution < 1.29 is 14.6 Å².